The zero-order valence-electron chi connectivity index (χ0n) is 7.83. The van der Waals surface area contributed by atoms with Crippen LogP contribution < -0.4 is 5.11 Å². The molecule has 0 unspecified atom stereocenters. The summed E-state index contributed by atoms with van der Waals surface area (Å²) in [4.78, 5) is 12.1. The topological polar surface area (TPSA) is 68.3 Å². The van der Waals surface area contributed by atoms with E-state index in [0.717, 1.165) is 12.1 Å². The number of hydrogen-bond acceptors (Lipinski definition) is 3. The third-order valence-electron chi connectivity index (χ3n) is 1.25. The molecule has 0 bridgehead atoms. The Hall–Kier alpha value is -1.16. The molecule has 1 aromatic rings. The number of halogens is 5. The Morgan fingerprint density at radius 3 is 2.12 bits per heavy atom. The van der Waals surface area contributed by atoms with Crippen LogP contribution in [-0.2, 0) is 4.79 Å². The summed E-state index contributed by atoms with van der Waals surface area (Å²) in [7, 11) is 0. The fourth-order valence-electron chi connectivity index (χ4n) is 0.562. The van der Waals surface area contributed by atoms with Gasteiger partial charge in [0.15, 0.2) is 4.98 Å². The first kappa shape index (κ1) is 15.8. The standard InChI is InChI=1S/C6H3F2N2.C2HCl3O2/c7-4-1-2-6(10-9)5(8)3-4;3-2(4,5)1(6)7/h1-3H;(H,6,7)/q+1;/p-1. The molecule has 0 aromatic heterocycles. The maximum Gasteiger partial charge on any atom is 0.420 e. The second-order valence-corrected chi connectivity index (χ2v) is 4.76. The van der Waals surface area contributed by atoms with E-state index in [4.69, 9.17) is 40.2 Å². The Morgan fingerprint density at radius 2 is 1.82 bits per heavy atom. The Kier molecular flexibility index (Phi) is 6.10. The van der Waals surface area contributed by atoms with E-state index >= 15 is 0 Å². The summed E-state index contributed by atoms with van der Waals surface area (Å²) in [5, 5.41) is 17.6. The second kappa shape index (κ2) is 6.55. The molecule has 0 radical (unpaired) electrons. The molecule has 0 amide bonds. The van der Waals surface area contributed by atoms with Crippen molar-refractivity contribution in [1.29, 1.82) is 5.39 Å². The van der Waals surface area contributed by atoms with Gasteiger partial charge in [0.25, 0.3) is 0 Å². The average Bonchev–Trinajstić information content (AvgIpc) is 2.17. The zero-order chi connectivity index (χ0) is 13.6. The Bertz CT molecular complexity index is 457. The molecule has 0 spiro atoms. The fraction of sp³-hybridized carbons (Fsp3) is 0.125. The smallest absolute Gasteiger partial charge is 0.420 e. The highest BCUT2D eigenvalue weighted by Crippen LogP contribution is 2.24. The number of alkyl halides is 3. The van der Waals surface area contributed by atoms with Crippen molar-refractivity contribution >= 4 is 46.5 Å². The molecule has 0 atom stereocenters. The fourth-order valence-corrected chi connectivity index (χ4v) is 0.562. The SMILES string of the molecule is N#[N+]c1ccc(F)cc1F.O=C([O-])C(Cl)(Cl)Cl. The van der Waals surface area contributed by atoms with E-state index in [1.165, 1.54) is 0 Å². The first-order valence-electron chi connectivity index (χ1n) is 3.76. The highest BCUT2D eigenvalue weighted by atomic mass is 35.6. The van der Waals surface area contributed by atoms with Crippen LogP contribution in [0.5, 0.6) is 0 Å². The lowest BCUT2D eigenvalue weighted by atomic mass is 10.3. The molecule has 1 rings (SSSR count). The van der Waals surface area contributed by atoms with Gasteiger partial charge in [-0.3, -0.25) is 0 Å². The van der Waals surface area contributed by atoms with Gasteiger partial charge in [-0.05, 0) is 6.07 Å². The van der Waals surface area contributed by atoms with E-state index in [9.17, 15) is 18.7 Å². The first-order valence-corrected chi connectivity index (χ1v) is 4.90. The predicted octanol–water partition coefficient (Wildman–Crippen LogP) is 2.56. The molecule has 0 saturated carbocycles. The average molecular weight is 303 g/mol. The van der Waals surface area contributed by atoms with E-state index < -0.39 is 21.4 Å². The zero-order valence-corrected chi connectivity index (χ0v) is 10.1. The number of carboxylic acid groups (broad SMARTS) is 1. The minimum atomic E-state index is -2.28. The quantitative estimate of drug-likeness (QED) is 0.546. The van der Waals surface area contributed by atoms with Gasteiger partial charge in [0.2, 0.25) is 15.0 Å². The summed E-state index contributed by atoms with van der Waals surface area (Å²) in [5.41, 5.74) is -0.263. The van der Waals surface area contributed by atoms with Gasteiger partial charge in [0, 0.05) is 12.1 Å². The van der Waals surface area contributed by atoms with Crippen molar-refractivity contribution < 1.29 is 18.7 Å². The molecule has 9 heteroatoms. The predicted molar refractivity (Wildman–Crippen MR) is 56.4 cm³/mol. The van der Waals surface area contributed by atoms with Gasteiger partial charge < -0.3 is 9.90 Å². The van der Waals surface area contributed by atoms with Crippen molar-refractivity contribution in [3.63, 3.8) is 0 Å². The Morgan fingerprint density at radius 1 is 1.35 bits per heavy atom. The van der Waals surface area contributed by atoms with Crippen molar-refractivity contribution in [2.45, 2.75) is 3.79 Å². The summed E-state index contributed by atoms with van der Waals surface area (Å²) in [6.45, 7) is 0. The van der Waals surface area contributed by atoms with Crippen LogP contribution in [0.4, 0.5) is 14.5 Å². The van der Waals surface area contributed by atoms with Gasteiger partial charge in [-0.1, -0.05) is 34.8 Å². The molecule has 0 fully saturated rings. The van der Waals surface area contributed by atoms with Crippen LogP contribution in [0.1, 0.15) is 0 Å². The normalized spacial score (nSPS) is 9.88. The molecular formula is C8H3Cl3F2N2O2. The largest absolute Gasteiger partial charge is 0.545 e. The number of carbonyl (C=O) groups excluding carboxylic acids is 1. The van der Waals surface area contributed by atoms with Crippen molar-refractivity contribution in [3.8, 4) is 0 Å². The second-order valence-electron chi connectivity index (χ2n) is 2.48. The molecule has 1 aromatic carbocycles. The molecule has 0 N–H and O–H groups in total. The molecule has 17 heavy (non-hydrogen) atoms. The summed E-state index contributed by atoms with van der Waals surface area (Å²) < 4.78 is 22.2. The van der Waals surface area contributed by atoms with Crippen molar-refractivity contribution in [3.05, 3.63) is 34.8 Å². The third kappa shape index (κ3) is 6.22. The van der Waals surface area contributed by atoms with Gasteiger partial charge in [0.05, 0.1) is 5.97 Å². The number of aliphatic carboxylic acids is 1. The monoisotopic (exact) mass is 302 g/mol. The summed E-state index contributed by atoms with van der Waals surface area (Å²) in [6.07, 6.45) is 0. The van der Waals surface area contributed by atoms with Gasteiger partial charge in [-0.25, -0.2) is 4.39 Å². The van der Waals surface area contributed by atoms with E-state index in [1.807, 2.05) is 0 Å². The number of rotatable bonds is 0. The van der Waals surface area contributed by atoms with Gasteiger partial charge >= 0.3 is 5.69 Å². The minimum absolute atomic E-state index is 0.263. The molecule has 0 aliphatic carbocycles. The van der Waals surface area contributed by atoms with Crippen LogP contribution in [-0.4, -0.2) is 9.76 Å². The van der Waals surface area contributed by atoms with Gasteiger partial charge in [0.1, 0.15) is 5.82 Å². The van der Waals surface area contributed by atoms with Crippen molar-refractivity contribution in [2.24, 2.45) is 0 Å². The van der Waals surface area contributed by atoms with Crippen LogP contribution in [0.15, 0.2) is 18.2 Å². The number of hydrogen-bond donors (Lipinski definition) is 0. The van der Waals surface area contributed by atoms with E-state index in [1.54, 1.807) is 0 Å². The number of nitrogens with zero attached hydrogens (tertiary/aromatic N) is 2. The Labute approximate surface area is 109 Å². The molecule has 0 aliphatic heterocycles. The van der Waals surface area contributed by atoms with E-state index in [2.05, 4.69) is 4.98 Å². The van der Waals surface area contributed by atoms with Crippen molar-refractivity contribution in [1.82, 2.24) is 0 Å². The molecule has 0 aliphatic rings. The number of diazo groups is 1. The molecular weight excluding hydrogens is 300 g/mol. The van der Waals surface area contributed by atoms with Crippen LogP contribution >= 0.6 is 34.8 Å². The highest BCUT2D eigenvalue weighted by molar-refractivity contribution is 6.75. The lowest BCUT2D eigenvalue weighted by Crippen LogP contribution is -2.35. The van der Waals surface area contributed by atoms with E-state index in [0.29, 0.717) is 6.07 Å². The van der Waals surface area contributed by atoms with Gasteiger partial charge in [-0.15, -0.1) is 0 Å². The maximum absolute atomic E-state index is 12.4. The lowest BCUT2D eigenvalue weighted by Gasteiger charge is -2.09. The Balaban J connectivity index is 0.000000325. The highest BCUT2D eigenvalue weighted by Gasteiger charge is 2.20. The number of carboxylic acids is 1. The van der Waals surface area contributed by atoms with Crippen LogP contribution in [0, 0.1) is 17.0 Å². The summed E-state index contributed by atoms with van der Waals surface area (Å²) >= 11 is 14.2. The number of carbonyl (C=O) groups is 1. The first-order chi connectivity index (χ1) is 7.68. The van der Waals surface area contributed by atoms with E-state index in [-0.39, 0.29) is 5.69 Å². The lowest BCUT2D eigenvalue weighted by molar-refractivity contribution is -0.304. The van der Waals surface area contributed by atoms with Gasteiger partial charge in [-0.2, -0.15) is 4.39 Å². The molecule has 92 valence electrons. The molecule has 0 saturated heterocycles. The summed E-state index contributed by atoms with van der Waals surface area (Å²) in [5.74, 6) is -3.27. The van der Waals surface area contributed by atoms with Crippen LogP contribution in [0.2, 0.25) is 0 Å². The van der Waals surface area contributed by atoms with Crippen LogP contribution in [0.3, 0.4) is 0 Å². The third-order valence-corrected chi connectivity index (χ3v) is 1.71. The summed E-state index contributed by atoms with van der Waals surface area (Å²) in [6, 6.07) is 2.71. The molecule has 4 nitrogen and oxygen atoms in total. The van der Waals surface area contributed by atoms with Crippen LogP contribution in [0.25, 0.3) is 4.98 Å². The van der Waals surface area contributed by atoms with Crippen molar-refractivity contribution in [2.75, 3.05) is 0 Å². The maximum atomic E-state index is 12.4. The molecule has 0 heterocycles. The number of benzene rings is 1. The minimum Gasteiger partial charge on any atom is -0.545 e.